The van der Waals surface area contributed by atoms with Crippen molar-refractivity contribution in [1.82, 2.24) is 10.3 Å². The molecule has 0 aromatic carbocycles. The fourth-order valence-corrected chi connectivity index (χ4v) is 2.26. The summed E-state index contributed by atoms with van der Waals surface area (Å²) in [7, 11) is 1.77. The van der Waals surface area contributed by atoms with Gasteiger partial charge in [0.25, 0.3) is 0 Å². The molecule has 96 valence electrons. The molecule has 1 rings (SSSR count). The molecule has 0 atom stereocenters. The maximum absolute atomic E-state index is 11.5. The number of halogens is 1. The van der Waals surface area contributed by atoms with Gasteiger partial charge in [-0.3, -0.25) is 4.79 Å². The van der Waals surface area contributed by atoms with Crippen LogP contribution in [0.1, 0.15) is 18.2 Å². The number of aliphatic hydroxyl groups excluding tert-OH is 1. The van der Waals surface area contributed by atoms with Gasteiger partial charge in [-0.05, 0) is 6.42 Å². The van der Waals surface area contributed by atoms with Crippen molar-refractivity contribution in [2.75, 3.05) is 25.0 Å². The summed E-state index contributed by atoms with van der Waals surface area (Å²) in [5, 5.41) is 12.7. The molecule has 0 aliphatic heterocycles. The molecule has 0 radical (unpaired) electrons. The lowest BCUT2D eigenvalue weighted by Crippen LogP contribution is -2.35. The van der Waals surface area contributed by atoms with Crippen molar-refractivity contribution < 1.29 is 9.90 Å². The van der Waals surface area contributed by atoms with Crippen molar-refractivity contribution >= 4 is 34.0 Å². The Morgan fingerprint density at radius 3 is 2.88 bits per heavy atom. The van der Waals surface area contributed by atoms with E-state index in [1.54, 1.807) is 11.9 Å². The molecule has 17 heavy (non-hydrogen) atoms. The maximum atomic E-state index is 11.5. The number of thiazole rings is 1. The van der Waals surface area contributed by atoms with Gasteiger partial charge in [0.15, 0.2) is 5.13 Å². The lowest BCUT2D eigenvalue weighted by molar-refractivity contribution is -0.119. The molecule has 1 heterocycles. The van der Waals surface area contributed by atoms with Crippen molar-refractivity contribution in [1.29, 1.82) is 0 Å². The van der Waals surface area contributed by atoms with E-state index in [1.807, 2.05) is 6.92 Å². The zero-order chi connectivity index (χ0) is 12.8. The highest BCUT2D eigenvalue weighted by Crippen LogP contribution is 2.28. The van der Waals surface area contributed by atoms with Crippen LogP contribution in [0, 0.1) is 0 Å². The number of nitrogens with one attached hydrogen (secondary N) is 1. The normalized spacial score (nSPS) is 10.4. The molecule has 1 aromatic rings. The van der Waals surface area contributed by atoms with E-state index >= 15 is 0 Å². The largest absolute Gasteiger partial charge is 0.391 e. The first-order chi connectivity index (χ1) is 8.08. The van der Waals surface area contributed by atoms with E-state index in [0.717, 1.165) is 6.42 Å². The molecule has 0 bridgehead atoms. The van der Waals surface area contributed by atoms with Gasteiger partial charge in [0, 0.05) is 13.6 Å². The first-order valence-electron chi connectivity index (χ1n) is 5.32. The molecule has 0 aliphatic carbocycles. The van der Waals surface area contributed by atoms with Gasteiger partial charge >= 0.3 is 0 Å². The fourth-order valence-electron chi connectivity index (χ4n) is 1.19. The number of carbonyl (C=O) groups excluding carboxylic acids is 1. The van der Waals surface area contributed by atoms with Crippen LogP contribution in [0.3, 0.4) is 0 Å². The van der Waals surface area contributed by atoms with Crippen molar-refractivity contribution in [2.24, 2.45) is 0 Å². The molecular weight excluding hydrogens is 262 g/mol. The second kappa shape index (κ2) is 6.78. The van der Waals surface area contributed by atoms with Crippen molar-refractivity contribution in [3.63, 3.8) is 0 Å². The summed E-state index contributed by atoms with van der Waals surface area (Å²) in [6.07, 6.45) is 0.910. The maximum Gasteiger partial charge on any atom is 0.239 e. The van der Waals surface area contributed by atoms with Gasteiger partial charge < -0.3 is 15.3 Å². The molecule has 0 spiro atoms. The lowest BCUT2D eigenvalue weighted by atomic mass is 10.4. The number of amides is 1. The third-order valence-corrected chi connectivity index (χ3v) is 3.64. The number of likely N-dealkylation sites (N-methyl/N-ethyl adjacent to an activating group) is 1. The minimum Gasteiger partial charge on any atom is -0.391 e. The zero-order valence-electron chi connectivity index (χ0n) is 9.86. The van der Waals surface area contributed by atoms with Crippen molar-refractivity contribution in [3.8, 4) is 0 Å². The summed E-state index contributed by atoms with van der Waals surface area (Å²) in [5.41, 5.74) is 0. The van der Waals surface area contributed by atoms with Gasteiger partial charge in [0.05, 0.1) is 18.0 Å². The first kappa shape index (κ1) is 14.2. The summed E-state index contributed by atoms with van der Waals surface area (Å²) in [4.78, 5) is 17.9. The first-order valence-corrected chi connectivity index (χ1v) is 6.51. The van der Waals surface area contributed by atoms with Crippen LogP contribution in [0.2, 0.25) is 5.15 Å². The van der Waals surface area contributed by atoms with Crippen LogP contribution in [0.15, 0.2) is 0 Å². The molecule has 1 amide bonds. The van der Waals surface area contributed by atoms with E-state index in [-0.39, 0.29) is 19.1 Å². The topological polar surface area (TPSA) is 65.5 Å². The van der Waals surface area contributed by atoms with Crippen LogP contribution in [0.4, 0.5) is 5.13 Å². The minimum absolute atomic E-state index is 0.0498. The molecule has 0 saturated heterocycles. The summed E-state index contributed by atoms with van der Waals surface area (Å²) >= 11 is 7.11. The van der Waals surface area contributed by atoms with Crippen LogP contribution in [0.5, 0.6) is 0 Å². The van der Waals surface area contributed by atoms with Gasteiger partial charge in [-0.1, -0.05) is 29.9 Å². The average Bonchev–Trinajstić information content (AvgIpc) is 2.68. The zero-order valence-corrected chi connectivity index (χ0v) is 11.4. The predicted molar refractivity (Wildman–Crippen MR) is 69.6 cm³/mol. The molecule has 0 saturated carbocycles. The summed E-state index contributed by atoms with van der Waals surface area (Å²) in [6, 6.07) is 0. The second-order valence-corrected chi connectivity index (χ2v) is 4.99. The average molecular weight is 278 g/mol. The van der Waals surface area contributed by atoms with Gasteiger partial charge in [0.1, 0.15) is 5.15 Å². The third kappa shape index (κ3) is 4.14. The Balaban J connectivity index is 2.56. The minimum atomic E-state index is -0.133. The van der Waals surface area contributed by atoms with Crippen LogP contribution >= 0.6 is 22.9 Å². The number of anilines is 1. The van der Waals surface area contributed by atoms with Crippen molar-refractivity contribution in [2.45, 2.75) is 20.0 Å². The number of hydrogen-bond donors (Lipinski definition) is 2. The van der Waals surface area contributed by atoms with Gasteiger partial charge in [-0.25, -0.2) is 4.98 Å². The highest BCUT2D eigenvalue weighted by molar-refractivity contribution is 7.16. The van der Waals surface area contributed by atoms with E-state index in [2.05, 4.69) is 10.3 Å². The van der Waals surface area contributed by atoms with Crippen LogP contribution in [0.25, 0.3) is 0 Å². The predicted octanol–water partition coefficient (Wildman–Crippen LogP) is 1.25. The lowest BCUT2D eigenvalue weighted by Gasteiger charge is -2.14. The van der Waals surface area contributed by atoms with Crippen molar-refractivity contribution in [3.05, 3.63) is 10.0 Å². The third-order valence-electron chi connectivity index (χ3n) is 2.06. The molecule has 0 fully saturated rings. The molecule has 1 aromatic heterocycles. The molecule has 5 nitrogen and oxygen atoms in total. The molecule has 2 N–H and O–H groups in total. The highest BCUT2D eigenvalue weighted by Gasteiger charge is 2.14. The molecule has 0 unspecified atom stereocenters. The monoisotopic (exact) mass is 277 g/mol. The van der Waals surface area contributed by atoms with Crippen LogP contribution < -0.4 is 10.2 Å². The van der Waals surface area contributed by atoms with Gasteiger partial charge in [-0.2, -0.15) is 0 Å². The number of aromatic nitrogens is 1. The standard InChI is InChI=1S/C10H16ClN3O2S/c1-3-4-12-8(16)5-14(2)10-13-9(11)7(6-15)17-10/h15H,3-6H2,1-2H3,(H,12,16). The molecular formula is C10H16ClN3O2S. The van der Waals surface area contributed by atoms with E-state index < -0.39 is 0 Å². The number of rotatable bonds is 6. The summed E-state index contributed by atoms with van der Waals surface area (Å²) < 4.78 is 0. The SMILES string of the molecule is CCCNC(=O)CN(C)c1nc(Cl)c(CO)s1. The van der Waals surface area contributed by atoms with Gasteiger partial charge in [-0.15, -0.1) is 0 Å². The summed E-state index contributed by atoms with van der Waals surface area (Å²) in [6.45, 7) is 2.77. The van der Waals surface area contributed by atoms with Crippen LogP contribution in [-0.4, -0.2) is 36.1 Å². The highest BCUT2D eigenvalue weighted by atomic mass is 35.5. The Kier molecular flexibility index (Phi) is 5.67. The number of nitrogens with zero attached hydrogens (tertiary/aromatic N) is 2. The molecule has 7 heteroatoms. The Morgan fingerprint density at radius 2 is 2.35 bits per heavy atom. The van der Waals surface area contributed by atoms with E-state index in [4.69, 9.17) is 16.7 Å². The fraction of sp³-hybridized carbons (Fsp3) is 0.600. The smallest absolute Gasteiger partial charge is 0.239 e. The molecule has 0 aliphatic rings. The Morgan fingerprint density at radius 1 is 1.65 bits per heavy atom. The van der Waals surface area contributed by atoms with E-state index in [1.165, 1.54) is 11.3 Å². The Hall–Kier alpha value is -0.850. The Bertz CT molecular complexity index is 384. The summed E-state index contributed by atoms with van der Waals surface area (Å²) in [5.74, 6) is -0.0498. The Labute approximate surface area is 109 Å². The number of carbonyl (C=O) groups is 1. The van der Waals surface area contributed by atoms with Gasteiger partial charge in [0.2, 0.25) is 5.91 Å². The number of aliphatic hydroxyl groups is 1. The van der Waals surface area contributed by atoms with E-state index in [9.17, 15) is 4.79 Å². The second-order valence-electron chi connectivity index (χ2n) is 3.57. The number of hydrogen-bond acceptors (Lipinski definition) is 5. The van der Waals surface area contributed by atoms with Crippen LogP contribution in [-0.2, 0) is 11.4 Å². The van der Waals surface area contributed by atoms with E-state index in [0.29, 0.717) is 21.7 Å². The quantitative estimate of drug-likeness (QED) is 0.821.